The first-order valence-corrected chi connectivity index (χ1v) is 15.0. The third-order valence-corrected chi connectivity index (χ3v) is 12.1. The van der Waals surface area contributed by atoms with E-state index in [9.17, 15) is 29.7 Å². The minimum Gasteiger partial charge on any atom is -0.481 e. The number of rotatable bonds is 7. The average molecular weight is 540 g/mol. The lowest BCUT2D eigenvalue weighted by Crippen LogP contribution is -2.59. The molecule has 4 saturated carbocycles. The van der Waals surface area contributed by atoms with Gasteiger partial charge in [0.1, 0.15) is 0 Å². The van der Waals surface area contributed by atoms with E-state index in [0.29, 0.717) is 41.9 Å². The number of nitrogens with one attached hydrogen (secondary N) is 1. The number of fused-ring (bicyclic) bond motifs is 5. The van der Waals surface area contributed by atoms with Crippen molar-refractivity contribution in [3.8, 4) is 0 Å². The van der Waals surface area contributed by atoms with Crippen molar-refractivity contribution in [1.82, 2.24) is 5.32 Å². The van der Waals surface area contributed by atoms with Crippen LogP contribution in [0.5, 0.6) is 0 Å². The van der Waals surface area contributed by atoms with Gasteiger partial charge in [0.2, 0.25) is 0 Å². The third kappa shape index (κ3) is 4.79. The topological polar surface area (TPSA) is 124 Å². The highest BCUT2D eigenvalue weighted by atomic mass is 16.4. The fourth-order valence-corrected chi connectivity index (χ4v) is 10.00. The summed E-state index contributed by atoms with van der Waals surface area (Å²) in [5.41, 5.74) is 0.219. The molecule has 4 fully saturated rings. The van der Waals surface area contributed by atoms with Crippen molar-refractivity contribution in [2.75, 3.05) is 0 Å². The molecule has 10 atom stereocenters. The van der Waals surface area contributed by atoms with E-state index in [1.165, 1.54) is 6.07 Å². The van der Waals surface area contributed by atoms with Crippen molar-refractivity contribution in [1.29, 1.82) is 0 Å². The highest BCUT2D eigenvalue weighted by Crippen LogP contribution is 2.68. The van der Waals surface area contributed by atoms with Gasteiger partial charge in [0.25, 0.3) is 5.91 Å². The maximum absolute atomic E-state index is 13.0. The van der Waals surface area contributed by atoms with Gasteiger partial charge in [-0.15, -0.1) is 0 Å². The summed E-state index contributed by atoms with van der Waals surface area (Å²) in [5.74, 6) is 0.503. The van der Waals surface area contributed by atoms with Gasteiger partial charge in [-0.05, 0) is 116 Å². The Morgan fingerprint density at radius 3 is 2.38 bits per heavy atom. The maximum Gasteiger partial charge on any atom is 0.336 e. The molecule has 1 aromatic carbocycles. The third-order valence-electron chi connectivity index (χ3n) is 12.1. The quantitative estimate of drug-likeness (QED) is 0.357. The summed E-state index contributed by atoms with van der Waals surface area (Å²) in [6, 6.07) is 6.41. The highest BCUT2D eigenvalue weighted by molar-refractivity contribution is 6.04. The predicted octanol–water partition coefficient (Wildman–Crippen LogP) is 5.61. The number of hydrogen-bond acceptors (Lipinski definition) is 4. The minimum absolute atomic E-state index is 0.0266. The summed E-state index contributed by atoms with van der Waals surface area (Å²) >= 11 is 0. The van der Waals surface area contributed by atoms with Crippen molar-refractivity contribution in [2.45, 2.75) is 97.1 Å². The molecule has 1 aromatic rings. The van der Waals surface area contributed by atoms with E-state index in [2.05, 4.69) is 26.1 Å². The molecule has 214 valence electrons. The molecule has 0 bridgehead atoms. The van der Waals surface area contributed by atoms with Crippen LogP contribution in [0, 0.1) is 46.3 Å². The summed E-state index contributed by atoms with van der Waals surface area (Å²) < 4.78 is 0. The number of aliphatic carboxylic acids is 1. The molecule has 0 aliphatic heterocycles. The Hall–Kier alpha value is -2.41. The Morgan fingerprint density at radius 1 is 0.974 bits per heavy atom. The number of aromatic carboxylic acids is 1. The summed E-state index contributed by atoms with van der Waals surface area (Å²) in [4.78, 5) is 35.8. The lowest BCUT2D eigenvalue weighted by atomic mass is 9.43. The fourth-order valence-electron chi connectivity index (χ4n) is 10.00. The van der Waals surface area contributed by atoms with E-state index in [1.807, 2.05) is 0 Å². The smallest absolute Gasteiger partial charge is 0.336 e. The van der Waals surface area contributed by atoms with Gasteiger partial charge in [0.05, 0.1) is 17.2 Å². The molecule has 0 radical (unpaired) electrons. The number of carboxylic acids is 2. The van der Waals surface area contributed by atoms with Gasteiger partial charge in [-0.3, -0.25) is 9.59 Å². The van der Waals surface area contributed by atoms with Crippen molar-refractivity contribution in [3.05, 3.63) is 35.4 Å². The number of aliphatic hydroxyl groups excluding tert-OH is 1. The zero-order valence-electron chi connectivity index (χ0n) is 23.6. The van der Waals surface area contributed by atoms with Crippen molar-refractivity contribution in [3.63, 3.8) is 0 Å². The van der Waals surface area contributed by atoms with Gasteiger partial charge in [-0.25, -0.2) is 4.79 Å². The van der Waals surface area contributed by atoms with Crippen LogP contribution in [-0.2, 0) is 4.79 Å². The normalized spacial score (nSPS) is 40.1. The summed E-state index contributed by atoms with van der Waals surface area (Å²) in [6.07, 6.45) is 8.55. The molecular formula is C32H45NO6. The van der Waals surface area contributed by atoms with Crippen molar-refractivity contribution in [2.24, 2.45) is 46.3 Å². The summed E-state index contributed by atoms with van der Waals surface area (Å²) in [5, 5.41) is 33.6. The van der Waals surface area contributed by atoms with Crippen LogP contribution in [0.1, 0.15) is 106 Å². The number of amides is 1. The van der Waals surface area contributed by atoms with Gasteiger partial charge < -0.3 is 20.6 Å². The maximum atomic E-state index is 13.0. The molecule has 0 aromatic heterocycles. The van der Waals surface area contributed by atoms with Crippen LogP contribution in [0.15, 0.2) is 24.3 Å². The Kier molecular flexibility index (Phi) is 7.60. The molecule has 0 saturated heterocycles. The van der Waals surface area contributed by atoms with Gasteiger partial charge in [0, 0.05) is 12.5 Å². The second-order valence-electron chi connectivity index (χ2n) is 13.7. The molecule has 4 aliphatic carbocycles. The summed E-state index contributed by atoms with van der Waals surface area (Å²) in [7, 11) is 0. The second kappa shape index (κ2) is 10.5. The fraction of sp³-hybridized carbons (Fsp3) is 0.719. The second-order valence-corrected chi connectivity index (χ2v) is 13.7. The number of aliphatic hydroxyl groups is 1. The first kappa shape index (κ1) is 28.1. The molecule has 4 unspecified atom stereocenters. The highest BCUT2D eigenvalue weighted by Gasteiger charge is 2.63. The van der Waals surface area contributed by atoms with Crippen LogP contribution in [0.2, 0.25) is 0 Å². The summed E-state index contributed by atoms with van der Waals surface area (Å²) in [6.45, 7) is 6.90. The molecule has 4 N–H and O–H groups in total. The number of carbonyl (C=O) groups excluding carboxylic acids is 1. The van der Waals surface area contributed by atoms with Crippen molar-refractivity contribution >= 4 is 17.8 Å². The standard InChI is InChI=1S/C32H45NO6/c1-18(8-13-28(35)36)24-11-12-25-23-10-9-19-16-20(33-29(37)21-6-4-5-7-22(21)30(38)39)14-15-31(19,2)26(23)17-27(34)32(24,25)3/h4-7,18-20,23-27,34H,8-17H2,1-3H3,(H,33,37)(H,35,36)(H,38,39)/t18?,19-,20+,23?,24-,25?,26?,27+,31+,32-/m1/s1. The first-order chi connectivity index (χ1) is 18.5. The van der Waals surface area contributed by atoms with Gasteiger partial charge >= 0.3 is 11.9 Å². The van der Waals surface area contributed by atoms with E-state index in [0.717, 1.165) is 51.4 Å². The zero-order valence-corrected chi connectivity index (χ0v) is 23.6. The van der Waals surface area contributed by atoms with Crippen LogP contribution in [0.3, 0.4) is 0 Å². The Balaban J connectivity index is 1.28. The van der Waals surface area contributed by atoms with E-state index >= 15 is 0 Å². The van der Waals surface area contributed by atoms with Gasteiger partial charge in [-0.2, -0.15) is 0 Å². The minimum atomic E-state index is -1.09. The number of carboxylic acid groups (broad SMARTS) is 2. The van der Waals surface area contributed by atoms with Gasteiger partial charge in [0.15, 0.2) is 0 Å². The van der Waals surface area contributed by atoms with Crippen LogP contribution in [0.25, 0.3) is 0 Å². The molecule has 4 aliphatic rings. The monoisotopic (exact) mass is 539 g/mol. The van der Waals surface area contributed by atoms with E-state index in [1.54, 1.807) is 18.2 Å². The molecule has 0 heterocycles. The first-order valence-electron chi connectivity index (χ1n) is 15.0. The molecule has 7 nitrogen and oxygen atoms in total. The number of carbonyl (C=O) groups is 3. The molecule has 39 heavy (non-hydrogen) atoms. The van der Waals surface area contributed by atoms with Crippen molar-refractivity contribution < 1.29 is 29.7 Å². The van der Waals surface area contributed by atoms with Crippen LogP contribution in [0.4, 0.5) is 0 Å². The van der Waals surface area contributed by atoms with Crippen LogP contribution < -0.4 is 5.32 Å². The molecule has 1 amide bonds. The van der Waals surface area contributed by atoms with Crippen LogP contribution >= 0.6 is 0 Å². The Bertz CT molecular complexity index is 1120. The Labute approximate surface area is 231 Å². The predicted molar refractivity (Wildman–Crippen MR) is 147 cm³/mol. The largest absolute Gasteiger partial charge is 0.481 e. The molecule has 5 rings (SSSR count). The average Bonchev–Trinajstić information content (AvgIpc) is 3.26. The lowest BCUT2D eigenvalue weighted by Gasteiger charge is -2.62. The van der Waals surface area contributed by atoms with Crippen LogP contribution in [-0.4, -0.2) is 45.3 Å². The molecule has 7 heteroatoms. The van der Waals surface area contributed by atoms with E-state index in [-0.39, 0.29) is 46.4 Å². The van der Waals surface area contributed by atoms with E-state index < -0.39 is 11.9 Å². The Morgan fingerprint density at radius 2 is 1.69 bits per heavy atom. The SMILES string of the molecule is CC(CCC(=O)O)[C@H]1CCC2C3CC[C@@H]4C[C@@H](NC(=O)c5ccccc5C(=O)O)CC[C@]4(C)C3C[C@H](O)[C@@]21C. The molecular weight excluding hydrogens is 494 g/mol. The number of hydrogen-bond donors (Lipinski definition) is 4. The van der Waals surface area contributed by atoms with Gasteiger partial charge in [-0.1, -0.05) is 32.9 Å². The molecule has 0 spiro atoms. The zero-order chi connectivity index (χ0) is 28.1. The lowest BCUT2D eigenvalue weighted by molar-refractivity contribution is -0.169. The van der Waals surface area contributed by atoms with E-state index in [4.69, 9.17) is 0 Å². The number of benzene rings is 1.